The van der Waals surface area contributed by atoms with Crippen molar-refractivity contribution in [2.45, 2.75) is 19.3 Å². The Balaban J connectivity index is 1.44. The molecule has 9 rings (SSSR count). The molecule has 0 aliphatic heterocycles. The molecule has 0 amide bonds. The Bertz CT molecular complexity index is 2340. The lowest BCUT2D eigenvalue weighted by atomic mass is 9.82. The molecule has 0 atom stereocenters. The van der Waals surface area contributed by atoms with Crippen molar-refractivity contribution in [1.82, 2.24) is 24.1 Å². The van der Waals surface area contributed by atoms with Crippen molar-refractivity contribution >= 4 is 43.9 Å². The van der Waals surface area contributed by atoms with Gasteiger partial charge in [-0.3, -0.25) is 15.0 Å². The monoisotopic (exact) mass is 527 g/mol. The van der Waals surface area contributed by atoms with Crippen LogP contribution in [-0.4, -0.2) is 24.1 Å². The van der Waals surface area contributed by atoms with Crippen LogP contribution < -0.4 is 0 Å². The zero-order chi connectivity index (χ0) is 27.3. The number of pyridine rings is 3. The summed E-state index contributed by atoms with van der Waals surface area (Å²) in [5.74, 6) is 0. The van der Waals surface area contributed by atoms with Crippen molar-refractivity contribution in [3.63, 3.8) is 0 Å². The minimum atomic E-state index is -0.0957. The predicted octanol–water partition coefficient (Wildman–Crippen LogP) is 8.37. The number of benzene rings is 3. The van der Waals surface area contributed by atoms with Crippen molar-refractivity contribution in [1.29, 1.82) is 0 Å². The second-order valence-electron chi connectivity index (χ2n) is 11.4. The third-order valence-corrected chi connectivity index (χ3v) is 8.90. The van der Waals surface area contributed by atoms with Gasteiger partial charge in [-0.2, -0.15) is 0 Å². The lowest BCUT2D eigenvalue weighted by Crippen LogP contribution is -2.15. The average Bonchev–Trinajstić information content (AvgIpc) is 3.61. The van der Waals surface area contributed by atoms with Gasteiger partial charge in [0, 0.05) is 40.0 Å². The van der Waals surface area contributed by atoms with Crippen molar-refractivity contribution in [3.05, 3.63) is 127 Å². The highest BCUT2D eigenvalue weighted by Crippen LogP contribution is 2.49. The molecule has 0 saturated carbocycles. The maximum absolute atomic E-state index is 5.07. The molecule has 1 aliphatic rings. The van der Waals surface area contributed by atoms with Crippen LogP contribution in [0.4, 0.5) is 0 Å². The van der Waals surface area contributed by atoms with Gasteiger partial charge in [0.25, 0.3) is 0 Å². The molecule has 194 valence electrons. The van der Waals surface area contributed by atoms with Gasteiger partial charge < -0.3 is 9.13 Å². The van der Waals surface area contributed by atoms with Crippen LogP contribution in [0.25, 0.3) is 66.4 Å². The smallest absolute Gasteiger partial charge is 0.116 e. The van der Waals surface area contributed by atoms with Crippen molar-refractivity contribution in [2.24, 2.45) is 0 Å². The first-order chi connectivity index (χ1) is 20.1. The zero-order valence-electron chi connectivity index (χ0n) is 22.7. The number of hydrogen-bond donors (Lipinski definition) is 0. The maximum atomic E-state index is 5.07. The second-order valence-corrected chi connectivity index (χ2v) is 11.4. The summed E-state index contributed by atoms with van der Waals surface area (Å²) in [7, 11) is 0. The molecule has 41 heavy (non-hydrogen) atoms. The summed E-state index contributed by atoms with van der Waals surface area (Å²) in [6.45, 7) is 4.66. The van der Waals surface area contributed by atoms with Gasteiger partial charge in [0.1, 0.15) is 11.0 Å². The fourth-order valence-corrected chi connectivity index (χ4v) is 7.06. The summed E-state index contributed by atoms with van der Waals surface area (Å²) >= 11 is 0. The molecule has 0 spiro atoms. The highest BCUT2D eigenvalue weighted by Gasteiger charge is 2.35. The Kier molecular flexibility index (Phi) is 4.33. The van der Waals surface area contributed by atoms with Crippen molar-refractivity contribution < 1.29 is 0 Å². The van der Waals surface area contributed by atoms with E-state index < -0.39 is 0 Å². The summed E-state index contributed by atoms with van der Waals surface area (Å²) in [6.07, 6.45) is 7.68. The quantitative estimate of drug-likeness (QED) is 0.227. The minimum Gasteiger partial charge on any atom is -0.306 e. The molecule has 1 aliphatic carbocycles. The van der Waals surface area contributed by atoms with Crippen molar-refractivity contribution in [3.8, 4) is 22.5 Å². The topological polar surface area (TPSA) is 48.5 Å². The van der Waals surface area contributed by atoms with Crippen LogP contribution in [0.3, 0.4) is 0 Å². The normalized spacial score (nSPS) is 13.8. The highest BCUT2D eigenvalue weighted by molar-refractivity contribution is 6.24. The molecule has 5 heterocycles. The molecule has 0 N–H and O–H groups in total. The molecular formula is C36H25N5. The fraction of sp³-hybridized carbons (Fsp3) is 0.0833. The van der Waals surface area contributed by atoms with Crippen LogP contribution in [0.1, 0.15) is 25.0 Å². The Hall–Kier alpha value is -5.29. The molecule has 5 aromatic heterocycles. The molecule has 0 saturated heterocycles. The average molecular weight is 528 g/mol. The van der Waals surface area contributed by atoms with Crippen LogP contribution in [0, 0.1) is 0 Å². The summed E-state index contributed by atoms with van der Waals surface area (Å²) < 4.78 is 4.63. The number of para-hydroxylation sites is 1. The Morgan fingerprint density at radius 3 is 2.32 bits per heavy atom. The SMILES string of the molecule is CC1(C)c2ccccc2-c2ccc(-n3c4cccnc4c4ncc5c(c6ccncc6n5-c5ccccc5)c43)cc21. The first-order valence-electron chi connectivity index (χ1n) is 14.0. The number of hydrogen-bond acceptors (Lipinski definition) is 3. The van der Waals surface area contributed by atoms with Gasteiger partial charge in [0.05, 0.1) is 34.5 Å². The summed E-state index contributed by atoms with van der Waals surface area (Å²) in [6, 6.07) is 32.4. The Morgan fingerprint density at radius 2 is 1.41 bits per heavy atom. The number of rotatable bonds is 2. The highest BCUT2D eigenvalue weighted by atomic mass is 15.0. The summed E-state index contributed by atoms with van der Waals surface area (Å²) in [4.78, 5) is 14.4. The molecule has 5 heteroatoms. The third-order valence-electron chi connectivity index (χ3n) is 8.90. The third kappa shape index (κ3) is 2.87. The van der Waals surface area contributed by atoms with Gasteiger partial charge in [0.15, 0.2) is 0 Å². The van der Waals surface area contributed by atoms with Crippen molar-refractivity contribution in [2.75, 3.05) is 0 Å². The van der Waals surface area contributed by atoms with E-state index >= 15 is 0 Å². The lowest BCUT2D eigenvalue weighted by Gasteiger charge is -2.22. The second kappa shape index (κ2) is 7.89. The van der Waals surface area contributed by atoms with E-state index in [0.29, 0.717) is 0 Å². The van der Waals surface area contributed by atoms with E-state index in [1.807, 2.05) is 36.9 Å². The minimum absolute atomic E-state index is 0.0957. The van der Waals surface area contributed by atoms with E-state index in [4.69, 9.17) is 9.97 Å². The number of aromatic nitrogens is 5. The van der Waals surface area contributed by atoms with E-state index in [-0.39, 0.29) is 5.41 Å². The first-order valence-corrected chi connectivity index (χ1v) is 14.0. The molecule has 0 unspecified atom stereocenters. The van der Waals surface area contributed by atoms with Crippen LogP contribution >= 0.6 is 0 Å². The molecule has 0 fully saturated rings. The molecule has 0 radical (unpaired) electrons. The Labute approximate surface area is 236 Å². The van der Waals surface area contributed by atoms with Crippen LogP contribution in [0.2, 0.25) is 0 Å². The Morgan fingerprint density at radius 1 is 0.585 bits per heavy atom. The van der Waals surface area contributed by atoms with Gasteiger partial charge in [0.2, 0.25) is 0 Å². The predicted molar refractivity (Wildman–Crippen MR) is 166 cm³/mol. The van der Waals surface area contributed by atoms with E-state index in [9.17, 15) is 0 Å². The van der Waals surface area contributed by atoms with Crippen LogP contribution in [0.15, 0.2) is 116 Å². The van der Waals surface area contributed by atoms with Crippen LogP contribution in [0.5, 0.6) is 0 Å². The van der Waals surface area contributed by atoms with E-state index in [2.05, 4.69) is 107 Å². The molecule has 0 bridgehead atoms. The van der Waals surface area contributed by atoms with Gasteiger partial charge in [-0.05, 0) is 64.7 Å². The lowest BCUT2D eigenvalue weighted by molar-refractivity contribution is 0.660. The maximum Gasteiger partial charge on any atom is 0.116 e. The largest absolute Gasteiger partial charge is 0.306 e. The summed E-state index contributed by atoms with van der Waals surface area (Å²) in [5, 5.41) is 2.29. The number of fused-ring (bicyclic) bond motifs is 10. The molecule has 5 nitrogen and oxygen atoms in total. The summed E-state index contributed by atoms with van der Waals surface area (Å²) in [5.41, 5.74) is 13.5. The van der Waals surface area contributed by atoms with Gasteiger partial charge >= 0.3 is 0 Å². The fourth-order valence-electron chi connectivity index (χ4n) is 7.06. The molecular weight excluding hydrogens is 502 g/mol. The molecule has 8 aromatic rings. The number of nitrogens with zero attached hydrogens (tertiary/aromatic N) is 5. The van der Waals surface area contributed by atoms with Gasteiger partial charge in [-0.25, -0.2) is 0 Å². The van der Waals surface area contributed by atoms with Crippen LogP contribution in [-0.2, 0) is 5.41 Å². The first kappa shape index (κ1) is 22.5. The molecule has 3 aromatic carbocycles. The van der Waals surface area contributed by atoms with Gasteiger partial charge in [-0.15, -0.1) is 0 Å². The van der Waals surface area contributed by atoms with E-state index in [0.717, 1.165) is 55.2 Å². The standard InChI is InChI=1S/C36H25N5/c1-36(2)27-12-7-6-11-24(27)25-15-14-23(19-28(25)36)41-29-13-8-17-38-33(29)34-35(41)32-26-16-18-37-20-30(26)40(31(32)21-39-34)22-9-4-3-5-10-22/h3-21H,1-2H3. The van der Waals surface area contributed by atoms with Gasteiger partial charge in [-0.1, -0.05) is 62.4 Å². The zero-order valence-corrected chi connectivity index (χ0v) is 22.7. The van der Waals surface area contributed by atoms with E-state index in [1.165, 1.54) is 22.3 Å². The van der Waals surface area contributed by atoms with E-state index in [1.54, 1.807) is 0 Å².